The summed E-state index contributed by atoms with van der Waals surface area (Å²) in [4.78, 5) is 16.2. The first-order chi connectivity index (χ1) is 9.79. The van der Waals surface area contributed by atoms with E-state index in [1.807, 2.05) is 60.0 Å². The molecule has 4 heteroatoms. The third-order valence-electron chi connectivity index (χ3n) is 3.18. The molecule has 0 saturated carbocycles. The van der Waals surface area contributed by atoms with Crippen molar-refractivity contribution in [1.82, 2.24) is 14.9 Å². The molecular formula is C16H15N3O. The average molecular weight is 265 g/mol. The van der Waals surface area contributed by atoms with Crippen LogP contribution in [0.4, 0.5) is 0 Å². The van der Waals surface area contributed by atoms with Crippen LogP contribution in [0.3, 0.4) is 0 Å². The maximum absolute atomic E-state index is 11.8. The molecule has 1 heterocycles. The molecule has 3 rings (SSSR count). The van der Waals surface area contributed by atoms with Gasteiger partial charge in [-0.25, -0.2) is 4.98 Å². The molecule has 0 radical (unpaired) electrons. The molecule has 0 fully saturated rings. The van der Waals surface area contributed by atoms with E-state index in [2.05, 4.69) is 10.3 Å². The van der Waals surface area contributed by atoms with Crippen molar-refractivity contribution >= 4 is 16.9 Å². The zero-order chi connectivity index (χ0) is 13.9. The van der Waals surface area contributed by atoms with E-state index in [-0.39, 0.29) is 5.91 Å². The number of carbonyl (C=O) groups excluding carboxylic acids is 1. The Hall–Kier alpha value is -2.62. The van der Waals surface area contributed by atoms with Crippen LogP contribution in [-0.2, 0) is 0 Å². The van der Waals surface area contributed by atoms with Gasteiger partial charge in [0, 0.05) is 17.8 Å². The molecule has 0 saturated heterocycles. The molecule has 0 aliphatic rings. The van der Waals surface area contributed by atoms with Gasteiger partial charge in [0.05, 0.1) is 11.0 Å². The second kappa shape index (κ2) is 5.17. The van der Waals surface area contributed by atoms with Crippen LogP contribution in [-0.4, -0.2) is 22.0 Å². The third-order valence-corrected chi connectivity index (χ3v) is 3.18. The number of nitrogens with one attached hydrogen (secondary N) is 1. The van der Waals surface area contributed by atoms with Gasteiger partial charge in [-0.1, -0.05) is 18.2 Å². The molecule has 1 amide bonds. The Morgan fingerprint density at radius 3 is 2.75 bits per heavy atom. The Morgan fingerprint density at radius 1 is 1.20 bits per heavy atom. The van der Waals surface area contributed by atoms with Crippen molar-refractivity contribution in [3.63, 3.8) is 0 Å². The largest absolute Gasteiger partial charge is 0.352 e. The maximum Gasteiger partial charge on any atom is 0.251 e. The molecule has 0 atom stereocenters. The van der Waals surface area contributed by atoms with Gasteiger partial charge in [0.1, 0.15) is 6.33 Å². The minimum atomic E-state index is -0.0661. The number of hydrogen-bond acceptors (Lipinski definition) is 2. The molecule has 20 heavy (non-hydrogen) atoms. The standard InChI is InChI=1S/C16H15N3O/c1-2-17-16(20)12-8-9-15-14(10-12)18-11-19(15)13-6-4-3-5-7-13/h3-11H,2H2,1H3,(H,17,20). The Balaban J connectivity index is 2.05. The second-order valence-corrected chi connectivity index (χ2v) is 4.51. The number of para-hydroxylation sites is 1. The Kier molecular flexibility index (Phi) is 3.21. The summed E-state index contributed by atoms with van der Waals surface area (Å²) in [6.45, 7) is 2.52. The van der Waals surface area contributed by atoms with Gasteiger partial charge in [-0.2, -0.15) is 0 Å². The van der Waals surface area contributed by atoms with Crippen molar-refractivity contribution in [2.45, 2.75) is 6.92 Å². The van der Waals surface area contributed by atoms with E-state index in [0.29, 0.717) is 12.1 Å². The fraction of sp³-hybridized carbons (Fsp3) is 0.125. The highest BCUT2D eigenvalue weighted by atomic mass is 16.1. The van der Waals surface area contributed by atoms with Crippen molar-refractivity contribution in [2.75, 3.05) is 6.54 Å². The fourth-order valence-corrected chi connectivity index (χ4v) is 2.21. The highest BCUT2D eigenvalue weighted by Crippen LogP contribution is 2.19. The molecule has 0 aliphatic heterocycles. The molecule has 4 nitrogen and oxygen atoms in total. The van der Waals surface area contributed by atoms with Crippen molar-refractivity contribution in [3.8, 4) is 5.69 Å². The van der Waals surface area contributed by atoms with E-state index in [1.165, 1.54) is 0 Å². The fourth-order valence-electron chi connectivity index (χ4n) is 2.21. The lowest BCUT2D eigenvalue weighted by atomic mass is 10.2. The number of carbonyl (C=O) groups is 1. The summed E-state index contributed by atoms with van der Waals surface area (Å²) in [5.74, 6) is -0.0661. The lowest BCUT2D eigenvalue weighted by Gasteiger charge is -2.05. The Bertz CT molecular complexity index is 747. The predicted octanol–water partition coefficient (Wildman–Crippen LogP) is 2.78. The minimum Gasteiger partial charge on any atom is -0.352 e. The molecule has 1 aromatic heterocycles. The first kappa shape index (κ1) is 12.4. The molecule has 1 N–H and O–H groups in total. The van der Waals surface area contributed by atoms with Gasteiger partial charge >= 0.3 is 0 Å². The smallest absolute Gasteiger partial charge is 0.251 e. The predicted molar refractivity (Wildman–Crippen MR) is 79.1 cm³/mol. The van der Waals surface area contributed by atoms with Crippen molar-refractivity contribution in [1.29, 1.82) is 0 Å². The van der Waals surface area contributed by atoms with E-state index < -0.39 is 0 Å². The molecule has 0 bridgehead atoms. The van der Waals surface area contributed by atoms with E-state index in [4.69, 9.17) is 0 Å². The number of fused-ring (bicyclic) bond motifs is 1. The summed E-state index contributed by atoms with van der Waals surface area (Å²) in [6, 6.07) is 15.6. The lowest BCUT2D eigenvalue weighted by Crippen LogP contribution is -2.22. The summed E-state index contributed by atoms with van der Waals surface area (Å²) in [5, 5.41) is 2.79. The number of hydrogen-bond donors (Lipinski definition) is 1. The van der Waals surface area contributed by atoms with Crippen LogP contribution in [0.2, 0.25) is 0 Å². The quantitative estimate of drug-likeness (QED) is 0.791. The van der Waals surface area contributed by atoms with Crippen LogP contribution in [0.1, 0.15) is 17.3 Å². The van der Waals surface area contributed by atoms with Gasteiger partial charge in [-0.05, 0) is 37.3 Å². The van der Waals surface area contributed by atoms with E-state index in [0.717, 1.165) is 16.7 Å². The number of benzene rings is 2. The van der Waals surface area contributed by atoms with Gasteiger partial charge in [-0.3, -0.25) is 9.36 Å². The van der Waals surface area contributed by atoms with Crippen LogP contribution in [0.25, 0.3) is 16.7 Å². The number of nitrogens with zero attached hydrogens (tertiary/aromatic N) is 2. The highest BCUT2D eigenvalue weighted by Gasteiger charge is 2.09. The van der Waals surface area contributed by atoms with Crippen LogP contribution >= 0.6 is 0 Å². The van der Waals surface area contributed by atoms with Gasteiger partial charge in [-0.15, -0.1) is 0 Å². The molecular weight excluding hydrogens is 250 g/mol. The van der Waals surface area contributed by atoms with Crippen molar-refractivity contribution < 1.29 is 4.79 Å². The topological polar surface area (TPSA) is 46.9 Å². The first-order valence-corrected chi connectivity index (χ1v) is 6.60. The monoisotopic (exact) mass is 265 g/mol. The first-order valence-electron chi connectivity index (χ1n) is 6.60. The normalized spacial score (nSPS) is 10.7. The van der Waals surface area contributed by atoms with Crippen LogP contribution in [0.5, 0.6) is 0 Å². The number of aromatic nitrogens is 2. The van der Waals surface area contributed by atoms with E-state index in [9.17, 15) is 4.79 Å². The molecule has 0 spiro atoms. The van der Waals surface area contributed by atoms with Crippen LogP contribution in [0.15, 0.2) is 54.9 Å². The molecule has 3 aromatic rings. The SMILES string of the molecule is CCNC(=O)c1ccc2c(c1)ncn2-c1ccccc1. The van der Waals surface area contributed by atoms with E-state index >= 15 is 0 Å². The zero-order valence-corrected chi connectivity index (χ0v) is 11.2. The maximum atomic E-state index is 11.8. The Labute approximate surface area is 117 Å². The molecule has 100 valence electrons. The lowest BCUT2D eigenvalue weighted by molar-refractivity contribution is 0.0956. The van der Waals surface area contributed by atoms with Crippen LogP contribution < -0.4 is 5.32 Å². The zero-order valence-electron chi connectivity index (χ0n) is 11.2. The average Bonchev–Trinajstić information content (AvgIpc) is 2.91. The number of imidazole rings is 1. The Morgan fingerprint density at radius 2 is 2.00 bits per heavy atom. The van der Waals surface area contributed by atoms with Crippen molar-refractivity contribution in [2.24, 2.45) is 0 Å². The van der Waals surface area contributed by atoms with Gasteiger partial charge in [0.15, 0.2) is 0 Å². The third kappa shape index (κ3) is 2.16. The van der Waals surface area contributed by atoms with Gasteiger partial charge in [0.25, 0.3) is 5.91 Å². The van der Waals surface area contributed by atoms with Gasteiger partial charge in [0.2, 0.25) is 0 Å². The molecule has 0 unspecified atom stereocenters. The summed E-state index contributed by atoms with van der Waals surface area (Å²) >= 11 is 0. The highest BCUT2D eigenvalue weighted by molar-refractivity contribution is 5.97. The summed E-state index contributed by atoms with van der Waals surface area (Å²) in [5.41, 5.74) is 3.50. The summed E-state index contributed by atoms with van der Waals surface area (Å²) in [6.07, 6.45) is 1.78. The minimum absolute atomic E-state index is 0.0661. The number of rotatable bonds is 3. The summed E-state index contributed by atoms with van der Waals surface area (Å²) in [7, 11) is 0. The van der Waals surface area contributed by atoms with E-state index in [1.54, 1.807) is 6.33 Å². The summed E-state index contributed by atoms with van der Waals surface area (Å²) < 4.78 is 2.01. The molecule has 0 aliphatic carbocycles. The van der Waals surface area contributed by atoms with Crippen LogP contribution in [0, 0.1) is 0 Å². The van der Waals surface area contributed by atoms with Gasteiger partial charge < -0.3 is 5.32 Å². The molecule has 2 aromatic carbocycles. The number of amides is 1. The van der Waals surface area contributed by atoms with Crippen molar-refractivity contribution in [3.05, 3.63) is 60.4 Å². The second-order valence-electron chi connectivity index (χ2n) is 4.51.